The third-order valence-electron chi connectivity index (χ3n) is 0.640. The number of carbonyl (C=O) groups is 1. The van der Waals surface area contributed by atoms with Gasteiger partial charge in [0, 0.05) is 16.7 Å². The van der Waals surface area contributed by atoms with Crippen LogP contribution in [0.1, 0.15) is 4.11 Å². The Bertz CT molecular complexity index is 188. The highest BCUT2D eigenvalue weighted by atomic mass is 16.4. The zero-order valence-corrected chi connectivity index (χ0v) is 5.16. The highest BCUT2D eigenvalue weighted by Crippen LogP contribution is 1.76. The van der Waals surface area contributed by atoms with Crippen LogP contribution in [0.25, 0.3) is 0 Å². The largest absolute Gasteiger partial charge is 0.478 e. The summed E-state index contributed by atoms with van der Waals surface area (Å²) in [4.78, 5) is 11.1. The van der Waals surface area contributed by atoms with E-state index in [-0.39, 0.29) is 6.54 Å². The van der Waals surface area contributed by atoms with Gasteiger partial charge >= 0.3 is 5.97 Å². The van der Waals surface area contributed by atoms with E-state index in [0.717, 1.165) is 11.0 Å². The molecule has 0 aromatic carbocycles. The van der Waals surface area contributed by atoms with Crippen LogP contribution in [0, 0.1) is 0 Å². The maximum Gasteiger partial charge on any atom is 0.328 e. The average Bonchev–Trinajstić information content (AvgIpc) is 1.84. The van der Waals surface area contributed by atoms with Gasteiger partial charge in [0.15, 0.2) is 0 Å². The summed E-state index contributed by atoms with van der Waals surface area (Å²) in [5.74, 6) is -1.08. The van der Waals surface area contributed by atoms with Crippen molar-refractivity contribution in [3.63, 3.8) is 0 Å². The molecule has 0 radical (unpaired) electrons. The highest BCUT2D eigenvalue weighted by molar-refractivity contribution is 5.79. The molecule has 0 atom stereocenters. The Morgan fingerprint density at radius 1 is 2.00 bits per heavy atom. The maximum atomic E-state index is 9.98. The fourth-order valence-electron chi connectivity index (χ4n) is 0.312. The van der Waals surface area contributed by atoms with Gasteiger partial charge in [0.05, 0.1) is 0 Å². The normalized spacial score (nSPS) is 17.3. The molecule has 0 saturated heterocycles. The zero-order valence-electron chi connectivity index (χ0n) is 8.16. The smallest absolute Gasteiger partial charge is 0.328 e. The van der Waals surface area contributed by atoms with Crippen molar-refractivity contribution in [2.75, 3.05) is 20.6 Å². The van der Waals surface area contributed by atoms with Gasteiger partial charge in [-0.1, -0.05) is 6.08 Å². The molecule has 3 nitrogen and oxygen atoms in total. The Kier molecular flexibility index (Phi) is 1.85. The second-order valence-corrected chi connectivity index (χ2v) is 1.62. The van der Waals surface area contributed by atoms with Crippen molar-refractivity contribution in [3.8, 4) is 0 Å². The van der Waals surface area contributed by atoms with Gasteiger partial charge in [-0.15, -0.1) is 0 Å². The van der Waals surface area contributed by atoms with Crippen molar-refractivity contribution >= 4 is 5.97 Å². The van der Waals surface area contributed by atoms with Crippen LogP contribution in [0.3, 0.4) is 0 Å². The minimum Gasteiger partial charge on any atom is -0.478 e. The number of rotatable bonds is 3. The van der Waals surface area contributed by atoms with E-state index in [2.05, 4.69) is 0 Å². The van der Waals surface area contributed by atoms with Crippen LogP contribution in [0.4, 0.5) is 0 Å². The molecule has 0 saturated carbocycles. The molecule has 0 unspecified atom stereocenters. The van der Waals surface area contributed by atoms with E-state index in [9.17, 15) is 4.79 Å². The maximum absolute atomic E-state index is 9.98. The second kappa shape index (κ2) is 4.09. The van der Waals surface area contributed by atoms with Crippen molar-refractivity contribution in [1.29, 1.82) is 0 Å². The number of carboxylic acid groups (broad SMARTS) is 1. The molecule has 0 fully saturated rings. The predicted octanol–water partition coefficient (Wildman–Crippen LogP) is 0.189. The number of likely N-dealkylation sites (N-methyl/N-ethyl adjacent to an activating group) is 1. The lowest BCUT2D eigenvalue weighted by atomic mass is 10.5. The molecule has 3 heteroatoms. The van der Waals surface area contributed by atoms with Crippen LogP contribution in [-0.4, -0.2) is 36.5 Å². The molecule has 9 heavy (non-hydrogen) atoms. The van der Waals surface area contributed by atoms with Crippen molar-refractivity contribution < 1.29 is 14.0 Å². The highest BCUT2D eigenvalue weighted by Gasteiger charge is 1.85. The van der Waals surface area contributed by atoms with Crippen molar-refractivity contribution in [1.82, 2.24) is 4.90 Å². The quantitative estimate of drug-likeness (QED) is 0.557. The fourth-order valence-corrected chi connectivity index (χ4v) is 0.312. The van der Waals surface area contributed by atoms with Gasteiger partial charge in [-0.2, -0.15) is 0 Å². The molecule has 0 aliphatic rings. The first-order chi connectivity index (χ1) is 5.34. The molecule has 52 valence electrons. The lowest BCUT2D eigenvalue weighted by Gasteiger charge is -2.02. The van der Waals surface area contributed by atoms with E-state index >= 15 is 0 Å². The number of aliphatic carboxylic acids is 1. The van der Waals surface area contributed by atoms with Gasteiger partial charge in [-0.3, -0.25) is 0 Å². The molecule has 0 bridgehead atoms. The van der Waals surface area contributed by atoms with E-state index in [1.165, 1.54) is 13.1 Å². The molecule has 0 spiro atoms. The number of carboxylic acids is 1. The second-order valence-electron chi connectivity index (χ2n) is 1.62. The predicted molar refractivity (Wildman–Crippen MR) is 35.3 cm³/mol. The number of hydrogen-bond acceptors (Lipinski definition) is 2. The third kappa shape index (κ3) is 7.17. The average molecular weight is 132 g/mol. The van der Waals surface area contributed by atoms with Crippen molar-refractivity contribution in [2.45, 2.75) is 0 Å². The van der Waals surface area contributed by atoms with Crippen LogP contribution in [0.15, 0.2) is 12.2 Å². The molecule has 0 aromatic rings. The lowest BCUT2D eigenvalue weighted by molar-refractivity contribution is -0.131. The van der Waals surface area contributed by atoms with Crippen molar-refractivity contribution in [3.05, 3.63) is 12.2 Å². The standard InChI is InChI=1S/C6H11NO2/c1-7(2)5-3-4-6(8)9/h3-4H,5H2,1-2H3,(H,8,9)/b4-3+/i1D3. The van der Waals surface area contributed by atoms with E-state index in [1.54, 1.807) is 0 Å². The summed E-state index contributed by atoms with van der Waals surface area (Å²) in [5.41, 5.74) is 0. The first kappa shape index (κ1) is 4.06. The van der Waals surface area contributed by atoms with Gasteiger partial charge in [-0.05, 0) is 14.0 Å². The Labute approximate surface area is 58.8 Å². The number of hydrogen-bond donors (Lipinski definition) is 1. The van der Waals surface area contributed by atoms with E-state index < -0.39 is 12.9 Å². The summed E-state index contributed by atoms with van der Waals surface area (Å²) in [5, 5.41) is 8.18. The molecular formula is C6H11NO2. The third-order valence-corrected chi connectivity index (χ3v) is 0.640. The first-order valence-electron chi connectivity index (χ1n) is 3.95. The van der Waals surface area contributed by atoms with Gasteiger partial charge in [-0.25, -0.2) is 4.79 Å². The summed E-state index contributed by atoms with van der Waals surface area (Å²) >= 11 is 0. The van der Waals surface area contributed by atoms with Gasteiger partial charge in [0.25, 0.3) is 0 Å². The summed E-state index contributed by atoms with van der Waals surface area (Å²) in [6.45, 7) is -2.06. The van der Waals surface area contributed by atoms with Crippen LogP contribution >= 0.6 is 0 Å². The molecule has 0 aromatic heterocycles. The Hall–Kier alpha value is -0.830. The summed E-state index contributed by atoms with van der Waals surface area (Å²) in [6, 6.07) is 0. The first-order valence-corrected chi connectivity index (χ1v) is 2.45. The molecule has 0 heterocycles. The molecular weight excluding hydrogens is 118 g/mol. The zero-order chi connectivity index (χ0) is 9.78. The molecule has 0 amide bonds. The Morgan fingerprint density at radius 3 is 3.11 bits per heavy atom. The Morgan fingerprint density at radius 2 is 2.67 bits per heavy atom. The van der Waals surface area contributed by atoms with Crippen molar-refractivity contribution in [2.24, 2.45) is 0 Å². The fraction of sp³-hybridized carbons (Fsp3) is 0.500. The van der Waals surface area contributed by atoms with E-state index in [4.69, 9.17) is 9.22 Å². The minimum atomic E-state index is -2.16. The monoisotopic (exact) mass is 132 g/mol. The molecule has 0 rings (SSSR count). The van der Waals surface area contributed by atoms with E-state index in [0.29, 0.717) is 0 Å². The van der Waals surface area contributed by atoms with Crippen LogP contribution in [-0.2, 0) is 4.79 Å². The minimum absolute atomic E-state index is 0.100. The SMILES string of the molecule is [2H]C([2H])([2H])N(C)C/C=C/C(=O)O. The van der Waals surface area contributed by atoms with Gasteiger partial charge < -0.3 is 10.0 Å². The van der Waals surface area contributed by atoms with Crippen LogP contribution in [0.2, 0.25) is 0 Å². The molecule has 0 aliphatic heterocycles. The summed E-state index contributed by atoms with van der Waals surface area (Å²) in [7, 11) is 1.40. The van der Waals surface area contributed by atoms with Crippen LogP contribution in [0.5, 0.6) is 0 Å². The van der Waals surface area contributed by atoms with Gasteiger partial charge in [0.2, 0.25) is 0 Å². The van der Waals surface area contributed by atoms with Crippen LogP contribution < -0.4 is 0 Å². The topological polar surface area (TPSA) is 40.5 Å². The summed E-state index contributed by atoms with van der Waals surface area (Å²) in [6.07, 6.45) is 2.21. The molecule has 0 aliphatic carbocycles. The molecule has 1 N–H and O–H groups in total. The van der Waals surface area contributed by atoms with Gasteiger partial charge in [0.1, 0.15) is 0 Å². The summed E-state index contributed by atoms with van der Waals surface area (Å²) < 4.78 is 20.7. The lowest BCUT2D eigenvalue weighted by Crippen LogP contribution is -2.10. The number of nitrogens with zero attached hydrogens (tertiary/aromatic N) is 1. The Balaban J connectivity index is 3.87. The van der Waals surface area contributed by atoms with E-state index in [1.807, 2.05) is 0 Å².